The first kappa shape index (κ1) is 39.8. The fourth-order valence-corrected chi connectivity index (χ4v) is 7.93. The van der Waals surface area contributed by atoms with Crippen LogP contribution in [0.3, 0.4) is 0 Å². The highest BCUT2D eigenvalue weighted by molar-refractivity contribution is 6.67. The molecular weight excluding hydrogens is 681 g/mol. The van der Waals surface area contributed by atoms with Crippen molar-refractivity contribution in [3.05, 3.63) is 156 Å². The minimum atomic E-state index is -0.0243. The van der Waals surface area contributed by atoms with Crippen molar-refractivity contribution in [3.63, 3.8) is 0 Å². The van der Waals surface area contributed by atoms with Crippen molar-refractivity contribution in [2.75, 3.05) is 10.6 Å². The lowest BCUT2D eigenvalue weighted by atomic mass is 9.85. The van der Waals surface area contributed by atoms with Gasteiger partial charge in [-0.25, -0.2) is 0 Å². The van der Waals surface area contributed by atoms with Gasteiger partial charge in [0.05, 0.1) is 0 Å². The van der Waals surface area contributed by atoms with Gasteiger partial charge in [0, 0.05) is 22.7 Å². The molecule has 0 heterocycles. The van der Waals surface area contributed by atoms with E-state index in [1.54, 1.807) is 0 Å². The summed E-state index contributed by atoms with van der Waals surface area (Å²) in [6.07, 6.45) is 0. The van der Waals surface area contributed by atoms with Crippen molar-refractivity contribution < 1.29 is 0 Å². The molecule has 6 aromatic carbocycles. The maximum absolute atomic E-state index is 3.70. The van der Waals surface area contributed by atoms with Crippen LogP contribution < -0.4 is 21.0 Å². The Morgan fingerprint density at radius 3 is 0.891 bits per heavy atom. The summed E-state index contributed by atoms with van der Waals surface area (Å²) < 4.78 is 0. The van der Waals surface area contributed by atoms with Crippen LogP contribution >= 0.6 is 0 Å². The van der Waals surface area contributed by atoms with E-state index in [1.165, 1.54) is 54.9 Å². The molecule has 6 aromatic rings. The predicted molar refractivity (Wildman–Crippen MR) is 244 cm³/mol. The third-order valence-electron chi connectivity index (χ3n) is 10.5. The summed E-state index contributed by atoms with van der Waals surface area (Å²) in [5.74, 6) is 0. The van der Waals surface area contributed by atoms with E-state index in [-0.39, 0.29) is 31.2 Å². The summed E-state index contributed by atoms with van der Waals surface area (Å²) in [4.78, 5) is 0. The minimum absolute atomic E-state index is 0.0243. The average molecular weight is 742 g/mol. The fourth-order valence-electron chi connectivity index (χ4n) is 6.78. The lowest BCUT2D eigenvalue weighted by Gasteiger charge is -2.23. The summed E-state index contributed by atoms with van der Waals surface area (Å²) in [5, 5.41) is 10.2. The molecule has 2 nitrogen and oxygen atoms in total. The number of nitrogens with one attached hydrogen (secondary N) is 2. The Bertz CT molecular complexity index is 2050. The van der Waals surface area contributed by atoms with E-state index in [0.717, 1.165) is 22.7 Å². The summed E-state index contributed by atoms with van der Waals surface area (Å²) in [7, 11) is -0.0243. The first-order valence-electron chi connectivity index (χ1n) is 19.8. The van der Waals surface area contributed by atoms with Crippen molar-refractivity contribution in [1.29, 1.82) is 0 Å². The molecular formula is C52H61N2Si. The summed E-state index contributed by atoms with van der Waals surface area (Å²) in [5.41, 5.74) is 15.1. The monoisotopic (exact) mass is 741 g/mol. The first-order chi connectivity index (χ1) is 25.7. The Labute approximate surface area is 334 Å². The van der Waals surface area contributed by atoms with Gasteiger partial charge < -0.3 is 10.6 Å². The van der Waals surface area contributed by atoms with Crippen molar-refractivity contribution in [2.24, 2.45) is 0 Å². The molecule has 0 aliphatic heterocycles. The summed E-state index contributed by atoms with van der Waals surface area (Å²) >= 11 is 0. The molecule has 0 saturated heterocycles. The van der Waals surface area contributed by atoms with Gasteiger partial charge in [-0.3, -0.25) is 0 Å². The molecule has 0 fully saturated rings. The lowest BCUT2D eigenvalue weighted by Crippen LogP contribution is -2.26. The zero-order valence-electron chi connectivity index (χ0n) is 35.3. The van der Waals surface area contributed by atoms with E-state index < -0.39 is 0 Å². The Morgan fingerprint density at radius 2 is 0.600 bits per heavy atom. The minimum Gasteiger partial charge on any atom is -0.356 e. The molecule has 0 atom stereocenters. The Morgan fingerprint density at radius 1 is 0.291 bits per heavy atom. The Kier molecular flexibility index (Phi) is 11.1. The third kappa shape index (κ3) is 10.3. The lowest BCUT2D eigenvalue weighted by molar-refractivity contribution is 0.590. The quantitative estimate of drug-likeness (QED) is 0.152. The highest BCUT2D eigenvalue weighted by Gasteiger charge is 2.19. The van der Waals surface area contributed by atoms with E-state index in [1.807, 2.05) is 0 Å². The normalized spacial score (nSPS) is 12.4. The molecule has 0 spiro atoms. The van der Waals surface area contributed by atoms with E-state index in [9.17, 15) is 0 Å². The van der Waals surface area contributed by atoms with Crippen LogP contribution in [0, 0.1) is 0 Å². The molecule has 3 heteroatoms. The zero-order chi connectivity index (χ0) is 39.8. The largest absolute Gasteiger partial charge is 0.356 e. The Hall–Kier alpha value is -4.86. The van der Waals surface area contributed by atoms with Crippen LogP contribution in [-0.4, -0.2) is 9.52 Å². The second-order valence-electron chi connectivity index (χ2n) is 19.4. The van der Waals surface area contributed by atoms with Gasteiger partial charge in [0.1, 0.15) is 9.52 Å². The van der Waals surface area contributed by atoms with Gasteiger partial charge in [-0.2, -0.15) is 0 Å². The molecule has 0 aromatic heterocycles. The maximum atomic E-state index is 3.70. The smallest absolute Gasteiger partial charge is 0.103 e. The fraction of sp³-hybridized carbons (Fsp3) is 0.308. The standard InChI is InChI=1S/C52H61N2Si/c1-49(2,3)39-17-21-43(22-18-39)53-45-31-37(29-41(33-45)51(7,8)9)35-13-25-47(26-14-35)55-48-27-15-36(16-28-48)38-30-42(52(10,11)12)34-46(32-38)54-44-23-19-40(20-24-44)50(4,5)6/h13-34,53-55H,1-12H3. The van der Waals surface area contributed by atoms with Crippen molar-refractivity contribution in [3.8, 4) is 22.3 Å². The van der Waals surface area contributed by atoms with Crippen LogP contribution in [0.2, 0.25) is 0 Å². The second kappa shape index (κ2) is 15.3. The molecule has 2 N–H and O–H groups in total. The van der Waals surface area contributed by atoms with Gasteiger partial charge >= 0.3 is 0 Å². The molecule has 0 unspecified atom stereocenters. The van der Waals surface area contributed by atoms with Crippen molar-refractivity contribution >= 4 is 42.6 Å². The highest BCUT2D eigenvalue weighted by atomic mass is 28.2. The van der Waals surface area contributed by atoms with E-state index in [0.29, 0.717) is 0 Å². The summed E-state index contributed by atoms with van der Waals surface area (Å²) in [6, 6.07) is 50.0. The molecule has 1 radical (unpaired) electrons. The predicted octanol–water partition coefficient (Wildman–Crippen LogP) is 13.1. The molecule has 0 saturated carbocycles. The molecule has 283 valence electrons. The molecule has 55 heavy (non-hydrogen) atoms. The van der Waals surface area contributed by atoms with E-state index in [2.05, 4.69) is 227 Å². The number of benzene rings is 6. The Balaban J connectivity index is 1.19. The highest BCUT2D eigenvalue weighted by Crippen LogP contribution is 2.35. The van der Waals surface area contributed by atoms with Gasteiger partial charge in [-0.15, -0.1) is 0 Å². The third-order valence-corrected chi connectivity index (χ3v) is 11.9. The van der Waals surface area contributed by atoms with E-state index >= 15 is 0 Å². The van der Waals surface area contributed by atoms with Gasteiger partial charge in [0.25, 0.3) is 0 Å². The molecule has 6 rings (SSSR count). The van der Waals surface area contributed by atoms with Crippen LogP contribution in [0.1, 0.15) is 105 Å². The molecule has 0 amide bonds. The van der Waals surface area contributed by atoms with Gasteiger partial charge in [0.2, 0.25) is 0 Å². The first-order valence-corrected chi connectivity index (χ1v) is 21.0. The SMILES string of the molecule is CC(C)(C)c1ccc(Nc2cc(-c3ccc([SiH]c4ccc(-c5cc(Nc6ccc(C(C)(C)C)cc6)cc(C(C)(C)C)c5)cc4)cc3)cc(C(C)(C)C)c2)cc1. The van der Waals surface area contributed by atoms with Gasteiger partial charge in [-0.1, -0.05) is 178 Å². The van der Waals surface area contributed by atoms with Crippen LogP contribution in [0.15, 0.2) is 133 Å². The maximum Gasteiger partial charge on any atom is 0.103 e. The van der Waals surface area contributed by atoms with Crippen LogP contribution in [0.25, 0.3) is 22.3 Å². The average Bonchev–Trinajstić information content (AvgIpc) is 3.11. The van der Waals surface area contributed by atoms with Crippen LogP contribution in [0.5, 0.6) is 0 Å². The second-order valence-corrected chi connectivity index (χ2v) is 21.0. The van der Waals surface area contributed by atoms with Gasteiger partial charge in [0.15, 0.2) is 0 Å². The topological polar surface area (TPSA) is 24.1 Å². The number of hydrogen-bond donors (Lipinski definition) is 2. The molecule has 0 bridgehead atoms. The zero-order valence-corrected chi connectivity index (χ0v) is 36.4. The number of rotatable bonds is 8. The van der Waals surface area contributed by atoms with Crippen molar-refractivity contribution in [2.45, 2.75) is 105 Å². The molecule has 0 aliphatic carbocycles. The van der Waals surface area contributed by atoms with Crippen LogP contribution in [0.4, 0.5) is 22.7 Å². The van der Waals surface area contributed by atoms with Gasteiger partial charge in [-0.05, 0) is 115 Å². The molecule has 0 aliphatic rings. The van der Waals surface area contributed by atoms with Crippen molar-refractivity contribution in [1.82, 2.24) is 0 Å². The van der Waals surface area contributed by atoms with E-state index in [4.69, 9.17) is 0 Å². The number of anilines is 4. The summed E-state index contributed by atoms with van der Waals surface area (Å²) in [6.45, 7) is 27.3. The number of hydrogen-bond acceptors (Lipinski definition) is 2. The van der Waals surface area contributed by atoms with Crippen LogP contribution in [-0.2, 0) is 21.7 Å².